The molecule has 518 valence electrons. The molecule has 0 heterocycles. The molecule has 0 fully saturated rings. The molecule has 0 aliphatic heterocycles. The van der Waals surface area contributed by atoms with Gasteiger partial charge in [0.25, 0.3) is 0 Å². The highest BCUT2D eigenvalue weighted by Crippen LogP contribution is 2.24. The van der Waals surface area contributed by atoms with Crippen molar-refractivity contribution in [2.24, 2.45) is 41.4 Å². The fourth-order valence-corrected chi connectivity index (χ4v) is 11.0. The monoisotopic (exact) mass is 1280 g/mol. The van der Waals surface area contributed by atoms with E-state index in [0.29, 0.717) is 19.3 Å². The van der Waals surface area contributed by atoms with E-state index in [1.807, 2.05) is 76.2 Å². The van der Waals surface area contributed by atoms with Gasteiger partial charge in [0.05, 0.1) is 25.4 Å². The standard InChI is InChI=1S/C65H119N11O14/c1-26-29-30-41(15)54(78)53(59(83)71-50(44(18)77)65(89)90-25)76(24)64(88)51(39(12)13)74(22)63(87)47(32-36(6)7)69-57(81)49(34-38(10)11)72(20)60(84)43(17)68-55(79)42(16)67-56(80)48(33-37(8)9)73(21)62(86)46(31-35(4)5)70-58(82)52(40(14)27-2)75(23)61(85)45(28-3)66-19/h26,29,35-54,66,77-78H,27-28,30-34H2,1-25H3,(H,67,80)(H,68,79)(H,69,81)(H,70,82)(H,71,83)/b29-26+/t40?,41-,42+,43-,44?,45-,46+,47+,48+,49+,50+,51+,52+,53+,54-/m1/s1. The summed E-state index contributed by atoms with van der Waals surface area (Å²) >= 11 is 0. The zero-order chi connectivity index (χ0) is 70.1. The normalized spacial score (nSPS) is 16.8. The van der Waals surface area contributed by atoms with E-state index in [1.54, 1.807) is 53.9 Å². The molecule has 15 atom stereocenters. The van der Waals surface area contributed by atoms with Crippen LogP contribution in [-0.4, -0.2) is 228 Å². The van der Waals surface area contributed by atoms with Crippen LogP contribution in [0, 0.1) is 41.4 Å². The molecule has 2 unspecified atom stereocenters. The van der Waals surface area contributed by atoms with Crippen molar-refractivity contribution in [2.45, 2.75) is 248 Å². The number of allylic oxidation sites excluding steroid dienone is 2. The summed E-state index contributed by atoms with van der Waals surface area (Å²) in [6.07, 6.45) is 2.63. The van der Waals surface area contributed by atoms with Gasteiger partial charge in [-0.1, -0.05) is 116 Å². The van der Waals surface area contributed by atoms with Crippen LogP contribution in [0.15, 0.2) is 12.2 Å². The molecule has 0 saturated heterocycles. The number of aliphatic hydroxyl groups excluding tert-OH is 2. The van der Waals surface area contributed by atoms with Crippen LogP contribution in [0.3, 0.4) is 0 Å². The average molecular weight is 1280 g/mol. The van der Waals surface area contributed by atoms with Crippen LogP contribution in [0.2, 0.25) is 0 Å². The first-order valence-electron chi connectivity index (χ1n) is 32.2. The SMILES string of the molecule is C/C=C/C[C@@H](C)[C@@H](O)[C@@H](C(=O)N[C@H](C(=O)OC)C(C)O)N(C)C(=O)[C@H](C(C)C)N(C)C(=O)[C@H](CC(C)C)NC(=O)[C@H](CC(C)C)N(C)C(=O)[C@@H](C)NC(=O)[C@H](C)NC(=O)[C@H](CC(C)C)N(C)C(=O)[C@H](CC(C)C)NC(=O)[C@H](C(C)CC)N(C)C(=O)[C@@H](CC)NC. The number of aliphatic hydroxyl groups is 2. The smallest absolute Gasteiger partial charge is 0.331 e. The fraction of sp³-hybridized carbons (Fsp3) is 0.800. The van der Waals surface area contributed by atoms with Gasteiger partial charge in [0.1, 0.15) is 54.4 Å². The highest BCUT2D eigenvalue weighted by atomic mass is 16.5. The number of methoxy groups -OCH3 is 1. The molecule has 0 aromatic heterocycles. The maximum atomic E-state index is 14.8. The average Bonchev–Trinajstić information content (AvgIpc) is 2.46. The molecule has 0 saturated carbocycles. The van der Waals surface area contributed by atoms with Crippen molar-refractivity contribution in [3.05, 3.63) is 12.2 Å². The summed E-state index contributed by atoms with van der Waals surface area (Å²) in [6, 6.07) is -12.9. The molecule has 0 aliphatic carbocycles. The Morgan fingerprint density at radius 3 is 1.26 bits per heavy atom. The zero-order valence-corrected chi connectivity index (χ0v) is 59.2. The van der Waals surface area contributed by atoms with Gasteiger partial charge in [-0.05, 0) is 115 Å². The van der Waals surface area contributed by atoms with Gasteiger partial charge in [0.15, 0.2) is 6.04 Å². The Hall–Kier alpha value is -6.21. The molecule has 25 nitrogen and oxygen atoms in total. The topological polar surface area (TPSA) is 326 Å². The Morgan fingerprint density at radius 1 is 0.444 bits per heavy atom. The Balaban J connectivity index is 6.90. The third-order valence-electron chi connectivity index (χ3n) is 16.6. The van der Waals surface area contributed by atoms with E-state index in [0.717, 1.165) is 12.0 Å². The lowest BCUT2D eigenvalue weighted by Gasteiger charge is -2.40. The van der Waals surface area contributed by atoms with Gasteiger partial charge in [-0.2, -0.15) is 0 Å². The molecule has 0 spiro atoms. The summed E-state index contributed by atoms with van der Waals surface area (Å²) in [5.41, 5.74) is 0. The highest BCUT2D eigenvalue weighted by molar-refractivity contribution is 5.99. The minimum atomic E-state index is -1.62. The van der Waals surface area contributed by atoms with Crippen LogP contribution >= 0.6 is 0 Å². The first kappa shape index (κ1) is 83.8. The Labute approximate surface area is 538 Å². The van der Waals surface area contributed by atoms with Gasteiger partial charge >= 0.3 is 5.97 Å². The summed E-state index contributed by atoms with van der Waals surface area (Å²) in [7, 11) is 9.89. The van der Waals surface area contributed by atoms with Crippen LogP contribution in [0.25, 0.3) is 0 Å². The van der Waals surface area contributed by atoms with E-state index >= 15 is 0 Å². The molecule has 90 heavy (non-hydrogen) atoms. The van der Waals surface area contributed by atoms with Crippen molar-refractivity contribution in [1.82, 2.24) is 56.4 Å². The number of esters is 1. The number of nitrogens with zero attached hydrogens (tertiary/aromatic N) is 5. The summed E-state index contributed by atoms with van der Waals surface area (Å²) < 4.78 is 4.79. The predicted molar refractivity (Wildman–Crippen MR) is 347 cm³/mol. The highest BCUT2D eigenvalue weighted by Gasteiger charge is 2.45. The van der Waals surface area contributed by atoms with Gasteiger partial charge in [0.2, 0.25) is 59.1 Å². The van der Waals surface area contributed by atoms with E-state index in [-0.39, 0.29) is 61.2 Å². The minimum Gasteiger partial charge on any atom is -0.467 e. The number of amides is 10. The Kier molecular flexibility index (Phi) is 37.2. The molecule has 0 aromatic carbocycles. The van der Waals surface area contributed by atoms with Crippen LogP contribution in [0.1, 0.15) is 170 Å². The van der Waals surface area contributed by atoms with E-state index in [1.165, 1.54) is 68.6 Å². The second kappa shape index (κ2) is 39.9. The largest absolute Gasteiger partial charge is 0.467 e. The van der Waals surface area contributed by atoms with E-state index in [2.05, 4.69) is 31.9 Å². The lowest BCUT2D eigenvalue weighted by molar-refractivity contribution is -0.156. The summed E-state index contributed by atoms with van der Waals surface area (Å²) in [5, 5.41) is 38.7. The van der Waals surface area contributed by atoms with Crippen molar-refractivity contribution in [3.63, 3.8) is 0 Å². The van der Waals surface area contributed by atoms with Crippen LogP contribution < -0.4 is 31.9 Å². The summed E-state index contributed by atoms with van der Waals surface area (Å²) in [6.45, 7) is 31.5. The van der Waals surface area contributed by atoms with Gasteiger partial charge in [-0.15, -0.1) is 0 Å². The van der Waals surface area contributed by atoms with Gasteiger partial charge in [-0.3, -0.25) is 47.9 Å². The molecular formula is C65H119N11O14. The first-order valence-corrected chi connectivity index (χ1v) is 32.2. The minimum absolute atomic E-state index is 0.0696. The number of likely N-dealkylation sites (N-methyl/N-ethyl adjacent to an activating group) is 6. The second-order valence-corrected chi connectivity index (χ2v) is 26.6. The Bertz CT molecular complexity index is 2380. The lowest BCUT2D eigenvalue weighted by Crippen LogP contribution is -2.63. The summed E-state index contributed by atoms with van der Waals surface area (Å²) in [5.74, 6) is -9.42. The molecule has 0 aliphatic rings. The van der Waals surface area contributed by atoms with Crippen LogP contribution in [0.5, 0.6) is 0 Å². The number of carbonyl (C=O) groups excluding carboxylic acids is 11. The molecule has 0 aromatic rings. The summed E-state index contributed by atoms with van der Waals surface area (Å²) in [4.78, 5) is 162. The fourth-order valence-electron chi connectivity index (χ4n) is 11.0. The van der Waals surface area contributed by atoms with Crippen LogP contribution in [-0.2, 0) is 57.5 Å². The van der Waals surface area contributed by atoms with Crippen molar-refractivity contribution < 1.29 is 67.7 Å². The Morgan fingerprint density at radius 2 is 0.844 bits per heavy atom. The van der Waals surface area contributed by atoms with Crippen molar-refractivity contribution in [2.75, 3.05) is 49.4 Å². The van der Waals surface area contributed by atoms with E-state index in [4.69, 9.17) is 4.74 Å². The first-order chi connectivity index (χ1) is 41.6. The number of carbonyl (C=O) groups is 11. The molecule has 25 heteroatoms. The van der Waals surface area contributed by atoms with Crippen molar-refractivity contribution >= 4 is 65.0 Å². The van der Waals surface area contributed by atoms with Gasteiger partial charge in [-0.25, -0.2) is 4.79 Å². The van der Waals surface area contributed by atoms with E-state index in [9.17, 15) is 63.0 Å². The second-order valence-electron chi connectivity index (χ2n) is 26.6. The number of rotatable bonds is 39. The van der Waals surface area contributed by atoms with Gasteiger partial charge in [0, 0.05) is 35.2 Å². The number of ether oxygens (including phenoxy) is 1. The van der Waals surface area contributed by atoms with Gasteiger partial charge < -0.3 is 71.4 Å². The molecule has 0 rings (SSSR count). The molecular weight excluding hydrogens is 1160 g/mol. The van der Waals surface area contributed by atoms with E-state index < -0.39 is 150 Å². The predicted octanol–water partition coefficient (Wildman–Crippen LogP) is 2.99. The maximum Gasteiger partial charge on any atom is 0.331 e. The molecule has 8 N–H and O–H groups in total. The molecule has 10 amide bonds. The number of nitrogens with one attached hydrogen (secondary N) is 6. The molecule has 0 radical (unpaired) electrons. The van der Waals surface area contributed by atoms with Crippen molar-refractivity contribution in [3.8, 4) is 0 Å². The third kappa shape index (κ3) is 25.1. The van der Waals surface area contributed by atoms with Crippen LogP contribution in [0.4, 0.5) is 0 Å². The van der Waals surface area contributed by atoms with Crippen molar-refractivity contribution in [1.29, 1.82) is 0 Å². The third-order valence-corrected chi connectivity index (χ3v) is 16.6. The molecule has 0 bridgehead atoms. The quantitative estimate of drug-likeness (QED) is 0.0324. The lowest BCUT2D eigenvalue weighted by atomic mass is 9.91. The number of hydrogen-bond donors (Lipinski definition) is 8. The number of hydrogen-bond acceptors (Lipinski definition) is 15. The zero-order valence-electron chi connectivity index (χ0n) is 59.2. The maximum absolute atomic E-state index is 14.8.